The highest BCUT2D eigenvalue weighted by Crippen LogP contribution is 2.12. The van der Waals surface area contributed by atoms with Crippen LogP contribution in [0.2, 0.25) is 0 Å². The Morgan fingerprint density at radius 3 is 2.68 bits per heavy atom. The Bertz CT molecular complexity index is 404. The molecule has 6 heteroatoms. The second-order valence-electron chi connectivity index (χ2n) is 4.84. The normalized spacial score (nSPS) is 18.3. The molecule has 1 aromatic rings. The summed E-state index contributed by atoms with van der Waals surface area (Å²) in [6, 6.07) is 4.13. The standard InChI is InChI=1S/C13H20N4O2/c14-12(10-1-5-15-6-2-10)9-16-11-3-7-17(8-4-11)13(18)19/h1-2,5-6,11-12,16H,3-4,7-9,14H2,(H,18,19). The van der Waals surface area contributed by atoms with E-state index in [1.54, 1.807) is 12.4 Å². The Labute approximate surface area is 112 Å². The zero-order chi connectivity index (χ0) is 13.7. The Balaban J connectivity index is 1.73. The van der Waals surface area contributed by atoms with Gasteiger partial charge in [0.2, 0.25) is 0 Å². The molecule has 1 aromatic heterocycles. The lowest BCUT2D eigenvalue weighted by atomic mass is 10.0. The maximum Gasteiger partial charge on any atom is 0.407 e. The number of likely N-dealkylation sites (tertiary alicyclic amines) is 1. The Morgan fingerprint density at radius 2 is 2.11 bits per heavy atom. The maximum absolute atomic E-state index is 10.8. The van der Waals surface area contributed by atoms with Crippen LogP contribution >= 0.6 is 0 Å². The number of pyridine rings is 1. The van der Waals surface area contributed by atoms with Crippen LogP contribution in [-0.2, 0) is 0 Å². The molecule has 0 aromatic carbocycles. The zero-order valence-corrected chi connectivity index (χ0v) is 10.8. The summed E-state index contributed by atoms with van der Waals surface area (Å²) in [6.07, 6.45) is 4.33. The smallest absolute Gasteiger partial charge is 0.407 e. The number of hydrogen-bond acceptors (Lipinski definition) is 4. The van der Waals surface area contributed by atoms with Crippen LogP contribution in [0.15, 0.2) is 24.5 Å². The number of nitrogens with two attached hydrogens (primary N) is 1. The third-order valence-electron chi connectivity index (χ3n) is 3.53. The first-order valence-corrected chi connectivity index (χ1v) is 6.53. The van der Waals surface area contributed by atoms with E-state index in [-0.39, 0.29) is 6.04 Å². The van der Waals surface area contributed by atoms with Crippen LogP contribution in [0.25, 0.3) is 0 Å². The molecule has 1 unspecified atom stereocenters. The molecular weight excluding hydrogens is 244 g/mol. The van der Waals surface area contributed by atoms with Gasteiger partial charge < -0.3 is 21.1 Å². The Kier molecular flexibility index (Phi) is 4.70. The monoisotopic (exact) mass is 264 g/mol. The number of hydrogen-bond donors (Lipinski definition) is 3. The fourth-order valence-electron chi connectivity index (χ4n) is 2.30. The first-order chi connectivity index (χ1) is 9.16. The molecule has 1 aliphatic rings. The summed E-state index contributed by atoms with van der Waals surface area (Å²) >= 11 is 0. The van der Waals surface area contributed by atoms with Crippen molar-refractivity contribution in [3.8, 4) is 0 Å². The molecular formula is C13H20N4O2. The predicted octanol–water partition coefficient (Wildman–Crippen LogP) is 0.813. The molecule has 1 aliphatic heterocycles. The van der Waals surface area contributed by atoms with E-state index in [4.69, 9.17) is 10.8 Å². The number of nitrogens with zero attached hydrogens (tertiary/aromatic N) is 2. The van der Waals surface area contributed by atoms with Gasteiger partial charge in [0.25, 0.3) is 0 Å². The lowest BCUT2D eigenvalue weighted by Gasteiger charge is -2.31. The van der Waals surface area contributed by atoms with Gasteiger partial charge >= 0.3 is 6.09 Å². The van der Waals surface area contributed by atoms with E-state index in [0.717, 1.165) is 18.4 Å². The van der Waals surface area contributed by atoms with E-state index in [0.29, 0.717) is 25.7 Å². The minimum Gasteiger partial charge on any atom is -0.465 e. The van der Waals surface area contributed by atoms with Gasteiger partial charge in [-0.25, -0.2) is 4.79 Å². The third-order valence-corrected chi connectivity index (χ3v) is 3.53. The van der Waals surface area contributed by atoms with Gasteiger partial charge in [-0.2, -0.15) is 0 Å². The molecule has 1 fully saturated rings. The molecule has 1 saturated heterocycles. The molecule has 4 N–H and O–H groups in total. The van der Waals surface area contributed by atoms with Crippen molar-refractivity contribution < 1.29 is 9.90 Å². The fourth-order valence-corrected chi connectivity index (χ4v) is 2.30. The summed E-state index contributed by atoms with van der Waals surface area (Å²) in [6.45, 7) is 1.89. The average Bonchev–Trinajstić information content (AvgIpc) is 2.46. The van der Waals surface area contributed by atoms with E-state index < -0.39 is 6.09 Å². The number of aromatic nitrogens is 1. The number of carbonyl (C=O) groups is 1. The first-order valence-electron chi connectivity index (χ1n) is 6.53. The van der Waals surface area contributed by atoms with Gasteiger partial charge in [0.1, 0.15) is 0 Å². The van der Waals surface area contributed by atoms with Crippen LogP contribution in [-0.4, -0.2) is 46.8 Å². The van der Waals surface area contributed by atoms with Crippen molar-refractivity contribution in [2.75, 3.05) is 19.6 Å². The van der Waals surface area contributed by atoms with Crippen molar-refractivity contribution in [3.05, 3.63) is 30.1 Å². The molecule has 19 heavy (non-hydrogen) atoms. The highest BCUT2D eigenvalue weighted by atomic mass is 16.4. The topological polar surface area (TPSA) is 91.5 Å². The van der Waals surface area contributed by atoms with Crippen LogP contribution in [0, 0.1) is 0 Å². The molecule has 2 rings (SSSR count). The van der Waals surface area contributed by atoms with Gasteiger partial charge in [-0.05, 0) is 30.5 Å². The summed E-state index contributed by atoms with van der Waals surface area (Å²) in [5.74, 6) is 0. The van der Waals surface area contributed by atoms with Crippen molar-refractivity contribution in [3.63, 3.8) is 0 Å². The lowest BCUT2D eigenvalue weighted by molar-refractivity contribution is 0.129. The highest BCUT2D eigenvalue weighted by Gasteiger charge is 2.22. The molecule has 1 atom stereocenters. The van der Waals surface area contributed by atoms with Crippen LogP contribution in [0.1, 0.15) is 24.4 Å². The highest BCUT2D eigenvalue weighted by molar-refractivity contribution is 5.65. The number of rotatable bonds is 4. The molecule has 6 nitrogen and oxygen atoms in total. The predicted molar refractivity (Wildman–Crippen MR) is 71.8 cm³/mol. The summed E-state index contributed by atoms with van der Waals surface area (Å²) in [5, 5.41) is 12.3. The van der Waals surface area contributed by atoms with Crippen molar-refractivity contribution >= 4 is 6.09 Å². The molecule has 104 valence electrons. The minimum absolute atomic E-state index is 0.0551. The summed E-state index contributed by atoms with van der Waals surface area (Å²) in [4.78, 5) is 16.2. The number of piperidine rings is 1. The van der Waals surface area contributed by atoms with Crippen molar-refractivity contribution in [1.29, 1.82) is 0 Å². The lowest BCUT2D eigenvalue weighted by Crippen LogP contribution is -2.45. The van der Waals surface area contributed by atoms with Gasteiger partial charge in [0.05, 0.1) is 0 Å². The van der Waals surface area contributed by atoms with Crippen LogP contribution in [0.5, 0.6) is 0 Å². The number of nitrogens with one attached hydrogen (secondary N) is 1. The Hall–Kier alpha value is -1.66. The van der Waals surface area contributed by atoms with Gasteiger partial charge in [0, 0.05) is 44.1 Å². The molecule has 0 bridgehead atoms. The number of carboxylic acid groups (broad SMARTS) is 1. The van der Waals surface area contributed by atoms with E-state index in [2.05, 4.69) is 10.3 Å². The van der Waals surface area contributed by atoms with E-state index in [9.17, 15) is 4.79 Å². The van der Waals surface area contributed by atoms with E-state index in [1.165, 1.54) is 4.90 Å². The summed E-state index contributed by atoms with van der Waals surface area (Å²) in [5.41, 5.74) is 7.15. The van der Waals surface area contributed by atoms with Crippen molar-refractivity contribution in [2.45, 2.75) is 24.9 Å². The molecule has 1 amide bonds. The minimum atomic E-state index is -0.827. The maximum atomic E-state index is 10.8. The molecule has 0 aliphatic carbocycles. The Morgan fingerprint density at radius 1 is 1.47 bits per heavy atom. The van der Waals surface area contributed by atoms with Gasteiger partial charge in [-0.15, -0.1) is 0 Å². The second kappa shape index (κ2) is 6.49. The van der Waals surface area contributed by atoms with Crippen molar-refractivity contribution in [1.82, 2.24) is 15.2 Å². The molecule has 0 spiro atoms. The van der Waals surface area contributed by atoms with E-state index >= 15 is 0 Å². The largest absolute Gasteiger partial charge is 0.465 e. The zero-order valence-electron chi connectivity index (χ0n) is 10.8. The van der Waals surface area contributed by atoms with Crippen molar-refractivity contribution in [2.24, 2.45) is 5.73 Å². The number of amides is 1. The summed E-state index contributed by atoms with van der Waals surface area (Å²) in [7, 11) is 0. The van der Waals surface area contributed by atoms with Crippen LogP contribution in [0.4, 0.5) is 4.79 Å². The molecule has 0 radical (unpaired) electrons. The van der Waals surface area contributed by atoms with Gasteiger partial charge in [0.15, 0.2) is 0 Å². The van der Waals surface area contributed by atoms with E-state index in [1.807, 2.05) is 12.1 Å². The fraction of sp³-hybridized carbons (Fsp3) is 0.538. The average molecular weight is 264 g/mol. The second-order valence-corrected chi connectivity index (χ2v) is 4.84. The van der Waals surface area contributed by atoms with Crippen LogP contribution in [0.3, 0.4) is 0 Å². The molecule has 0 saturated carbocycles. The third kappa shape index (κ3) is 3.90. The SMILES string of the molecule is NC(CNC1CCN(C(=O)O)CC1)c1ccncc1. The summed E-state index contributed by atoms with van der Waals surface area (Å²) < 4.78 is 0. The first kappa shape index (κ1) is 13.8. The quantitative estimate of drug-likeness (QED) is 0.748. The van der Waals surface area contributed by atoms with Crippen LogP contribution < -0.4 is 11.1 Å². The van der Waals surface area contributed by atoms with Gasteiger partial charge in [-0.3, -0.25) is 4.98 Å². The van der Waals surface area contributed by atoms with Gasteiger partial charge in [-0.1, -0.05) is 0 Å². The molecule has 2 heterocycles.